The predicted octanol–water partition coefficient (Wildman–Crippen LogP) is 3.19. The van der Waals surface area contributed by atoms with E-state index in [1.807, 2.05) is 30.5 Å². The van der Waals surface area contributed by atoms with Crippen LogP contribution in [0.3, 0.4) is 0 Å². The second kappa shape index (κ2) is 6.31. The molecule has 1 aromatic carbocycles. The summed E-state index contributed by atoms with van der Waals surface area (Å²) in [5.74, 6) is -0.0605. The summed E-state index contributed by atoms with van der Waals surface area (Å²) >= 11 is 1.64. The van der Waals surface area contributed by atoms with Crippen LogP contribution in [0, 0.1) is 5.92 Å². The van der Waals surface area contributed by atoms with E-state index < -0.39 is 9.84 Å². The number of hydrogen-bond donors (Lipinski definition) is 0. The molecule has 2 unspecified atom stereocenters. The van der Waals surface area contributed by atoms with Gasteiger partial charge in [-0.25, -0.2) is 8.42 Å². The molecule has 110 valence electrons. The molecule has 1 saturated carbocycles. The second-order valence-electron chi connectivity index (χ2n) is 5.41. The van der Waals surface area contributed by atoms with Crippen LogP contribution in [0.4, 0.5) is 0 Å². The van der Waals surface area contributed by atoms with Gasteiger partial charge in [-0.1, -0.05) is 18.6 Å². The molecule has 3 nitrogen and oxygen atoms in total. The predicted molar refractivity (Wildman–Crippen MR) is 83.1 cm³/mol. The Balaban J connectivity index is 2.12. The maximum atomic E-state index is 12.5. The van der Waals surface area contributed by atoms with Gasteiger partial charge >= 0.3 is 0 Å². The van der Waals surface area contributed by atoms with Crippen LogP contribution in [0.15, 0.2) is 29.2 Å². The Morgan fingerprint density at radius 3 is 2.40 bits per heavy atom. The fraction of sp³-hybridized carbons (Fsp3) is 0.533. The largest absolute Gasteiger partial charge is 0.294 e. The van der Waals surface area contributed by atoms with E-state index in [0.717, 1.165) is 17.7 Å². The number of rotatable bonds is 4. The molecule has 20 heavy (non-hydrogen) atoms. The zero-order valence-corrected chi connectivity index (χ0v) is 13.5. The third-order valence-electron chi connectivity index (χ3n) is 3.98. The molecule has 0 saturated heterocycles. The first-order valence-corrected chi connectivity index (χ1v) is 9.97. The summed E-state index contributed by atoms with van der Waals surface area (Å²) in [5, 5.41) is -0.351. The van der Waals surface area contributed by atoms with Crippen molar-refractivity contribution in [2.24, 2.45) is 5.92 Å². The van der Waals surface area contributed by atoms with Crippen LogP contribution < -0.4 is 0 Å². The molecule has 2 atom stereocenters. The van der Waals surface area contributed by atoms with E-state index in [-0.39, 0.29) is 17.0 Å². The van der Waals surface area contributed by atoms with E-state index in [0.29, 0.717) is 18.4 Å². The van der Waals surface area contributed by atoms with E-state index >= 15 is 0 Å². The zero-order chi connectivity index (χ0) is 14.8. The highest BCUT2D eigenvalue weighted by Crippen LogP contribution is 2.31. The second-order valence-corrected chi connectivity index (χ2v) is 8.61. The van der Waals surface area contributed by atoms with E-state index in [1.165, 1.54) is 6.26 Å². The van der Waals surface area contributed by atoms with Gasteiger partial charge in [-0.2, -0.15) is 0 Å². The van der Waals surface area contributed by atoms with Gasteiger partial charge in [0.25, 0.3) is 0 Å². The van der Waals surface area contributed by atoms with Gasteiger partial charge < -0.3 is 0 Å². The van der Waals surface area contributed by atoms with Crippen molar-refractivity contribution in [3.8, 4) is 0 Å². The number of carbonyl (C=O) groups is 1. The number of sulfone groups is 1. The molecular formula is C15H20O3S2. The summed E-state index contributed by atoms with van der Waals surface area (Å²) in [6.45, 7) is 0. The van der Waals surface area contributed by atoms with Gasteiger partial charge in [0.15, 0.2) is 5.78 Å². The Morgan fingerprint density at radius 1 is 1.20 bits per heavy atom. The van der Waals surface area contributed by atoms with Crippen molar-refractivity contribution in [2.75, 3.05) is 12.5 Å². The van der Waals surface area contributed by atoms with Crippen LogP contribution in [0.5, 0.6) is 0 Å². The fourth-order valence-electron chi connectivity index (χ4n) is 2.76. The molecule has 0 aliphatic heterocycles. The van der Waals surface area contributed by atoms with E-state index in [9.17, 15) is 13.2 Å². The average Bonchev–Trinajstić information content (AvgIpc) is 2.46. The highest BCUT2D eigenvalue weighted by atomic mass is 32.2. The molecular weight excluding hydrogens is 292 g/mol. The molecule has 0 N–H and O–H groups in total. The monoisotopic (exact) mass is 312 g/mol. The minimum atomic E-state index is -3.04. The van der Waals surface area contributed by atoms with Gasteiger partial charge in [0.2, 0.25) is 0 Å². The molecule has 0 amide bonds. The lowest BCUT2D eigenvalue weighted by atomic mass is 9.83. The summed E-state index contributed by atoms with van der Waals surface area (Å²) in [6, 6.07) is 7.57. The maximum absolute atomic E-state index is 12.5. The van der Waals surface area contributed by atoms with Gasteiger partial charge in [0, 0.05) is 22.6 Å². The fourth-order valence-corrected chi connectivity index (χ4v) is 4.35. The molecule has 1 aliphatic carbocycles. The molecule has 2 rings (SSSR count). The maximum Gasteiger partial charge on any atom is 0.165 e. The Bertz CT molecular complexity index is 576. The van der Waals surface area contributed by atoms with Crippen LogP contribution >= 0.6 is 11.8 Å². The highest BCUT2D eigenvalue weighted by molar-refractivity contribution is 7.98. The normalized spacial score (nSPS) is 23.5. The first-order chi connectivity index (χ1) is 9.41. The third-order valence-corrected chi connectivity index (χ3v) is 6.36. The number of Topliss-reactive ketones (excluding diaryl/α,β-unsaturated/α-hetero) is 1. The molecule has 1 aromatic rings. The highest BCUT2D eigenvalue weighted by Gasteiger charge is 2.32. The molecule has 5 heteroatoms. The van der Waals surface area contributed by atoms with E-state index in [1.54, 1.807) is 11.8 Å². The van der Waals surface area contributed by atoms with Crippen molar-refractivity contribution >= 4 is 27.4 Å². The molecule has 1 fully saturated rings. The van der Waals surface area contributed by atoms with Crippen molar-refractivity contribution in [2.45, 2.75) is 35.8 Å². The van der Waals surface area contributed by atoms with Crippen LogP contribution in [0.25, 0.3) is 0 Å². The molecule has 0 spiro atoms. The summed E-state index contributed by atoms with van der Waals surface area (Å²) in [7, 11) is -3.04. The topological polar surface area (TPSA) is 51.2 Å². The van der Waals surface area contributed by atoms with Crippen molar-refractivity contribution in [1.29, 1.82) is 0 Å². The lowest BCUT2D eigenvalue weighted by Crippen LogP contribution is -2.31. The summed E-state index contributed by atoms with van der Waals surface area (Å²) in [6.07, 6.45) is 6.05. The number of ketones is 1. The first kappa shape index (κ1) is 15.6. The third kappa shape index (κ3) is 3.64. The summed E-state index contributed by atoms with van der Waals surface area (Å²) < 4.78 is 23.3. The molecule has 0 bridgehead atoms. The lowest BCUT2D eigenvalue weighted by molar-refractivity contribution is 0.0891. The Kier molecular flexibility index (Phi) is 4.91. The van der Waals surface area contributed by atoms with Gasteiger partial charge in [0.1, 0.15) is 9.84 Å². The van der Waals surface area contributed by atoms with Gasteiger partial charge in [-0.3, -0.25) is 4.79 Å². The van der Waals surface area contributed by atoms with Gasteiger partial charge in [-0.15, -0.1) is 11.8 Å². The van der Waals surface area contributed by atoms with Crippen molar-refractivity contribution < 1.29 is 13.2 Å². The lowest BCUT2D eigenvalue weighted by Gasteiger charge is -2.27. The van der Waals surface area contributed by atoms with Crippen molar-refractivity contribution in [1.82, 2.24) is 0 Å². The molecule has 0 radical (unpaired) electrons. The van der Waals surface area contributed by atoms with Crippen LogP contribution in [-0.2, 0) is 9.84 Å². The standard InChI is InChI=1S/C15H20O3S2/c1-19-13-8-6-11(7-9-13)15(16)12-4-3-5-14(10-12)20(2,17)18/h6-9,12,14H,3-5,10H2,1-2H3. The number of thioether (sulfide) groups is 1. The van der Waals surface area contributed by atoms with Gasteiger partial charge in [0.05, 0.1) is 5.25 Å². The Hall–Kier alpha value is -0.810. The van der Waals surface area contributed by atoms with E-state index in [2.05, 4.69) is 0 Å². The average molecular weight is 312 g/mol. The summed E-state index contributed by atoms with van der Waals surface area (Å²) in [4.78, 5) is 13.6. The Morgan fingerprint density at radius 2 is 1.85 bits per heavy atom. The van der Waals surface area contributed by atoms with Crippen molar-refractivity contribution in [3.63, 3.8) is 0 Å². The SMILES string of the molecule is CSc1ccc(C(=O)C2CCCC(S(C)(=O)=O)C2)cc1. The smallest absolute Gasteiger partial charge is 0.165 e. The molecule has 0 aromatic heterocycles. The van der Waals surface area contributed by atoms with Crippen molar-refractivity contribution in [3.05, 3.63) is 29.8 Å². The van der Waals surface area contributed by atoms with Crippen LogP contribution in [-0.4, -0.2) is 32.0 Å². The number of carbonyl (C=O) groups excluding carboxylic acids is 1. The number of benzene rings is 1. The van der Waals surface area contributed by atoms with Gasteiger partial charge in [-0.05, 0) is 37.7 Å². The Labute approximate surface area is 125 Å². The zero-order valence-electron chi connectivity index (χ0n) is 11.8. The number of hydrogen-bond acceptors (Lipinski definition) is 4. The molecule has 0 heterocycles. The minimum Gasteiger partial charge on any atom is -0.294 e. The van der Waals surface area contributed by atoms with Crippen LogP contribution in [0.2, 0.25) is 0 Å². The quantitative estimate of drug-likeness (QED) is 0.633. The molecule has 1 aliphatic rings. The first-order valence-electron chi connectivity index (χ1n) is 6.79. The van der Waals surface area contributed by atoms with Crippen LogP contribution in [0.1, 0.15) is 36.0 Å². The summed E-state index contributed by atoms with van der Waals surface area (Å²) in [5.41, 5.74) is 0.696. The van der Waals surface area contributed by atoms with E-state index in [4.69, 9.17) is 0 Å². The minimum absolute atomic E-state index is 0.0889.